The number of rotatable bonds is 3. The first-order chi connectivity index (χ1) is 10.5. The number of nitrogen functional groups attached to an aromatic ring is 1. The molecule has 0 radical (unpaired) electrons. The van der Waals surface area contributed by atoms with E-state index >= 15 is 0 Å². The number of pyridine rings is 1. The topological polar surface area (TPSA) is 60.0 Å². The van der Waals surface area contributed by atoms with E-state index < -0.39 is 0 Å². The number of nitrogens with two attached hydrogens (primary N) is 1. The minimum Gasteiger partial charge on any atom is -0.384 e. The molecule has 118 valence electrons. The van der Waals surface area contributed by atoms with E-state index in [1.165, 1.54) is 18.5 Å². The Kier molecular flexibility index (Phi) is 4.16. The van der Waals surface area contributed by atoms with Crippen molar-refractivity contribution < 1.29 is 0 Å². The maximum atomic E-state index is 5.68. The lowest BCUT2D eigenvalue weighted by Gasteiger charge is -2.29. The number of piperidine rings is 1. The normalized spacial score (nSPS) is 17.3. The van der Waals surface area contributed by atoms with Crippen LogP contribution in [0.3, 0.4) is 0 Å². The maximum absolute atomic E-state index is 5.68. The molecule has 1 saturated heterocycles. The number of anilines is 1. The van der Waals surface area contributed by atoms with Gasteiger partial charge in [-0.05, 0) is 65.0 Å². The smallest absolute Gasteiger partial charge is 0.123 e. The first-order valence-corrected chi connectivity index (χ1v) is 8.04. The molecular weight excluding hydrogens is 274 g/mol. The third-order valence-corrected chi connectivity index (χ3v) is 4.47. The van der Waals surface area contributed by atoms with Gasteiger partial charge in [-0.15, -0.1) is 0 Å². The molecule has 0 aliphatic carbocycles. The molecule has 0 unspecified atom stereocenters. The van der Waals surface area contributed by atoms with Gasteiger partial charge in [0, 0.05) is 29.4 Å². The molecule has 5 nitrogen and oxygen atoms in total. The van der Waals surface area contributed by atoms with E-state index in [2.05, 4.69) is 41.5 Å². The molecule has 0 atom stereocenters. The van der Waals surface area contributed by atoms with E-state index in [-0.39, 0.29) is 0 Å². The summed E-state index contributed by atoms with van der Waals surface area (Å²) >= 11 is 0. The third kappa shape index (κ3) is 2.99. The Morgan fingerprint density at radius 1 is 1.23 bits per heavy atom. The van der Waals surface area contributed by atoms with Gasteiger partial charge in [0.2, 0.25) is 0 Å². The summed E-state index contributed by atoms with van der Waals surface area (Å²) in [6.07, 6.45) is 4.21. The predicted molar refractivity (Wildman–Crippen MR) is 89.7 cm³/mol. The van der Waals surface area contributed by atoms with Gasteiger partial charge in [-0.1, -0.05) is 0 Å². The second kappa shape index (κ2) is 6.08. The molecule has 2 N–H and O–H groups in total. The van der Waals surface area contributed by atoms with Gasteiger partial charge < -0.3 is 10.6 Å². The van der Waals surface area contributed by atoms with Crippen LogP contribution in [0.25, 0.3) is 11.3 Å². The number of aromatic nitrogens is 3. The van der Waals surface area contributed by atoms with E-state index in [4.69, 9.17) is 10.8 Å². The van der Waals surface area contributed by atoms with Gasteiger partial charge >= 0.3 is 0 Å². The minimum absolute atomic E-state index is 0.366. The molecule has 0 amide bonds. The summed E-state index contributed by atoms with van der Waals surface area (Å²) in [4.78, 5) is 6.58. The van der Waals surface area contributed by atoms with Gasteiger partial charge in [-0.25, -0.2) is 4.98 Å². The van der Waals surface area contributed by atoms with E-state index in [9.17, 15) is 0 Å². The van der Waals surface area contributed by atoms with Gasteiger partial charge in [0.1, 0.15) is 5.82 Å². The lowest BCUT2D eigenvalue weighted by atomic mass is 9.93. The highest BCUT2D eigenvalue weighted by Crippen LogP contribution is 2.32. The molecular formula is C17H25N5. The van der Waals surface area contributed by atoms with E-state index in [0.29, 0.717) is 17.8 Å². The minimum atomic E-state index is 0.366. The lowest BCUT2D eigenvalue weighted by Crippen LogP contribution is -2.30. The Morgan fingerprint density at radius 3 is 2.55 bits per heavy atom. The Morgan fingerprint density at radius 2 is 1.95 bits per heavy atom. The van der Waals surface area contributed by atoms with Gasteiger partial charge in [-0.3, -0.25) is 4.68 Å². The molecule has 1 fully saturated rings. The molecule has 5 heteroatoms. The second-order valence-electron chi connectivity index (χ2n) is 6.54. The van der Waals surface area contributed by atoms with Crippen LogP contribution in [0.5, 0.6) is 0 Å². The van der Waals surface area contributed by atoms with Crippen LogP contribution in [-0.2, 0) is 0 Å². The molecule has 0 saturated carbocycles. The molecule has 22 heavy (non-hydrogen) atoms. The Bertz CT molecular complexity index is 621. The SMILES string of the molecule is CC(C)n1nc(-c2ccc(N)nc2)cc1C1CCN(C)CC1. The highest BCUT2D eigenvalue weighted by atomic mass is 15.3. The van der Waals surface area contributed by atoms with Crippen molar-refractivity contribution in [1.29, 1.82) is 0 Å². The van der Waals surface area contributed by atoms with Crippen molar-refractivity contribution in [2.45, 2.75) is 38.6 Å². The van der Waals surface area contributed by atoms with Gasteiger partial charge in [0.25, 0.3) is 0 Å². The molecule has 2 aromatic rings. The van der Waals surface area contributed by atoms with Gasteiger partial charge in [-0.2, -0.15) is 5.10 Å². The average Bonchev–Trinajstić information content (AvgIpc) is 2.94. The zero-order chi connectivity index (χ0) is 15.7. The zero-order valence-electron chi connectivity index (χ0n) is 13.7. The molecule has 0 spiro atoms. The van der Waals surface area contributed by atoms with Crippen LogP contribution < -0.4 is 5.73 Å². The second-order valence-corrected chi connectivity index (χ2v) is 6.54. The van der Waals surface area contributed by atoms with Crippen LogP contribution in [0.15, 0.2) is 24.4 Å². The monoisotopic (exact) mass is 299 g/mol. The standard InChI is InChI=1S/C17H25N5/c1-12(2)22-16(13-6-8-21(3)9-7-13)10-15(20-22)14-4-5-17(18)19-11-14/h4-5,10-13H,6-9H2,1-3H3,(H2,18,19). The fraction of sp³-hybridized carbons (Fsp3) is 0.529. The van der Waals surface area contributed by atoms with Crippen LogP contribution in [0.1, 0.15) is 44.3 Å². The number of hydrogen-bond acceptors (Lipinski definition) is 4. The third-order valence-electron chi connectivity index (χ3n) is 4.47. The van der Waals surface area contributed by atoms with Crippen molar-refractivity contribution in [3.8, 4) is 11.3 Å². The highest BCUT2D eigenvalue weighted by molar-refractivity contribution is 5.59. The molecule has 3 rings (SSSR count). The first-order valence-electron chi connectivity index (χ1n) is 8.04. The number of nitrogens with zero attached hydrogens (tertiary/aromatic N) is 4. The van der Waals surface area contributed by atoms with Crippen LogP contribution in [0.2, 0.25) is 0 Å². The van der Waals surface area contributed by atoms with E-state index in [1.807, 2.05) is 12.1 Å². The molecule has 3 heterocycles. The fourth-order valence-electron chi connectivity index (χ4n) is 3.13. The largest absolute Gasteiger partial charge is 0.384 e. The molecule has 1 aliphatic heterocycles. The Labute approximate surface area is 132 Å². The fourth-order valence-corrected chi connectivity index (χ4v) is 3.13. The van der Waals surface area contributed by atoms with Crippen LogP contribution >= 0.6 is 0 Å². The maximum Gasteiger partial charge on any atom is 0.123 e. The molecule has 1 aliphatic rings. The van der Waals surface area contributed by atoms with Crippen molar-refractivity contribution in [3.63, 3.8) is 0 Å². The molecule has 0 bridgehead atoms. The Balaban J connectivity index is 1.93. The summed E-state index contributed by atoms with van der Waals surface area (Å²) in [5.74, 6) is 1.14. The van der Waals surface area contributed by atoms with Crippen molar-refractivity contribution in [2.24, 2.45) is 0 Å². The van der Waals surface area contributed by atoms with E-state index in [0.717, 1.165) is 24.3 Å². The summed E-state index contributed by atoms with van der Waals surface area (Å²) < 4.78 is 2.18. The van der Waals surface area contributed by atoms with Crippen LogP contribution in [0, 0.1) is 0 Å². The lowest BCUT2D eigenvalue weighted by molar-refractivity contribution is 0.248. The van der Waals surface area contributed by atoms with Crippen LogP contribution in [-0.4, -0.2) is 39.8 Å². The first kappa shape index (κ1) is 15.0. The highest BCUT2D eigenvalue weighted by Gasteiger charge is 2.24. The summed E-state index contributed by atoms with van der Waals surface area (Å²) in [7, 11) is 2.20. The molecule has 2 aromatic heterocycles. The number of likely N-dealkylation sites (tertiary alicyclic amines) is 1. The van der Waals surface area contributed by atoms with Crippen LogP contribution in [0.4, 0.5) is 5.82 Å². The summed E-state index contributed by atoms with van der Waals surface area (Å²) in [6, 6.07) is 6.43. The van der Waals surface area contributed by atoms with E-state index in [1.54, 1.807) is 6.20 Å². The summed E-state index contributed by atoms with van der Waals surface area (Å²) in [6.45, 7) is 6.70. The quantitative estimate of drug-likeness (QED) is 0.946. The summed E-state index contributed by atoms with van der Waals surface area (Å²) in [5.41, 5.74) is 9.06. The Hall–Kier alpha value is -1.88. The van der Waals surface area contributed by atoms with Crippen molar-refractivity contribution in [3.05, 3.63) is 30.1 Å². The molecule has 0 aromatic carbocycles. The summed E-state index contributed by atoms with van der Waals surface area (Å²) in [5, 5.41) is 4.83. The zero-order valence-corrected chi connectivity index (χ0v) is 13.7. The van der Waals surface area contributed by atoms with Crippen molar-refractivity contribution in [1.82, 2.24) is 19.7 Å². The van der Waals surface area contributed by atoms with Crippen molar-refractivity contribution >= 4 is 5.82 Å². The van der Waals surface area contributed by atoms with Crippen molar-refractivity contribution in [2.75, 3.05) is 25.9 Å². The van der Waals surface area contributed by atoms with Gasteiger partial charge in [0.05, 0.1) is 5.69 Å². The predicted octanol–water partition coefficient (Wildman–Crippen LogP) is 2.92. The number of hydrogen-bond donors (Lipinski definition) is 1. The van der Waals surface area contributed by atoms with Gasteiger partial charge in [0.15, 0.2) is 0 Å². The average molecular weight is 299 g/mol.